The van der Waals surface area contributed by atoms with E-state index in [4.69, 9.17) is 0 Å². The number of rotatable bonds is 4. The SMILES string of the molecule is Cc1ccc(C(O)c2ccc(CC(C)C)cc2)c(Br)c1. The lowest BCUT2D eigenvalue weighted by Crippen LogP contribution is -2.02. The Morgan fingerprint density at radius 1 is 1.05 bits per heavy atom. The molecule has 0 saturated heterocycles. The highest BCUT2D eigenvalue weighted by Gasteiger charge is 2.13. The van der Waals surface area contributed by atoms with Crippen molar-refractivity contribution in [3.63, 3.8) is 0 Å². The average molecular weight is 333 g/mol. The molecule has 2 heteroatoms. The molecule has 0 aliphatic heterocycles. The van der Waals surface area contributed by atoms with E-state index in [2.05, 4.69) is 41.9 Å². The molecule has 0 bridgehead atoms. The van der Waals surface area contributed by atoms with Crippen molar-refractivity contribution in [2.45, 2.75) is 33.3 Å². The first-order valence-electron chi connectivity index (χ1n) is 7.00. The smallest absolute Gasteiger partial charge is 0.105 e. The maximum Gasteiger partial charge on any atom is 0.105 e. The van der Waals surface area contributed by atoms with E-state index in [1.54, 1.807) is 0 Å². The summed E-state index contributed by atoms with van der Waals surface area (Å²) in [4.78, 5) is 0. The Bertz CT molecular complexity index is 572. The Balaban J connectivity index is 2.22. The van der Waals surface area contributed by atoms with Crippen LogP contribution in [0, 0.1) is 12.8 Å². The zero-order valence-electron chi connectivity index (χ0n) is 12.2. The first-order valence-corrected chi connectivity index (χ1v) is 7.79. The molecule has 1 N–H and O–H groups in total. The molecule has 1 atom stereocenters. The van der Waals surface area contributed by atoms with E-state index in [9.17, 15) is 5.11 Å². The minimum absolute atomic E-state index is 0.585. The van der Waals surface area contributed by atoms with Crippen molar-refractivity contribution in [2.24, 2.45) is 5.92 Å². The number of aliphatic hydroxyl groups excluding tert-OH is 1. The van der Waals surface area contributed by atoms with Crippen LogP contribution in [0.15, 0.2) is 46.9 Å². The predicted molar refractivity (Wildman–Crippen MR) is 87.9 cm³/mol. The van der Waals surface area contributed by atoms with Crippen LogP contribution in [0.4, 0.5) is 0 Å². The standard InChI is InChI=1S/C18H21BrO/c1-12(2)10-14-5-7-15(8-6-14)18(20)16-9-4-13(3)11-17(16)19/h4-9,11-12,18,20H,10H2,1-3H3. The van der Waals surface area contributed by atoms with E-state index in [0.717, 1.165) is 22.0 Å². The van der Waals surface area contributed by atoms with Gasteiger partial charge in [0.2, 0.25) is 0 Å². The van der Waals surface area contributed by atoms with Gasteiger partial charge < -0.3 is 5.11 Å². The number of halogens is 1. The van der Waals surface area contributed by atoms with E-state index in [1.807, 2.05) is 37.3 Å². The van der Waals surface area contributed by atoms with Gasteiger partial charge in [-0.15, -0.1) is 0 Å². The van der Waals surface area contributed by atoms with Gasteiger partial charge in [-0.2, -0.15) is 0 Å². The fourth-order valence-corrected chi connectivity index (χ4v) is 3.05. The highest BCUT2D eigenvalue weighted by Crippen LogP contribution is 2.29. The largest absolute Gasteiger partial charge is 0.384 e. The van der Waals surface area contributed by atoms with Gasteiger partial charge in [0.25, 0.3) is 0 Å². The fraction of sp³-hybridized carbons (Fsp3) is 0.333. The molecule has 2 aromatic carbocycles. The summed E-state index contributed by atoms with van der Waals surface area (Å²) in [6.45, 7) is 6.47. The minimum atomic E-state index is -0.585. The molecule has 0 saturated carbocycles. The van der Waals surface area contributed by atoms with Crippen LogP contribution in [0.5, 0.6) is 0 Å². The third-order valence-electron chi connectivity index (χ3n) is 3.39. The number of hydrogen-bond acceptors (Lipinski definition) is 1. The second-order valence-corrected chi connectivity index (χ2v) is 6.62. The lowest BCUT2D eigenvalue weighted by molar-refractivity contribution is 0.219. The molecule has 0 aliphatic carbocycles. The van der Waals surface area contributed by atoms with Crippen molar-refractivity contribution < 1.29 is 5.11 Å². The summed E-state index contributed by atoms with van der Waals surface area (Å²) in [6.07, 6.45) is 0.489. The normalized spacial score (nSPS) is 12.7. The van der Waals surface area contributed by atoms with E-state index >= 15 is 0 Å². The molecule has 0 aliphatic rings. The zero-order valence-corrected chi connectivity index (χ0v) is 13.8. The molecule has 1 unspecified atom stereocenters. The van der Waals surface area contributed by atoms with E-state index in [1.165, 1.54) is 11.1 Å². The van der Waals surface area contributed by atoms with Gasteiger partial charge in [-0.3, -0.25) is 0 Å². The Kier molecular flexibility index (Phi) is 5.00. The van der Waals surface area contributed by atoms with Crippen LogP contribution in [0.1, 0.15) is 42.2 Å². The highest BCUT2D eigenvalue weighted by molar-refractivity contribution is 9.10. The number of aryl methyl sites for hydroxylation is 1. The molecule has 20 heavy (non-hydrogen) atoms. The van der Waals surface area contributed by atoms with Crippen LogP contribution in [0.2, 0.25) is 0 Å². The quantitative estimate of drug-likeness (QED) is 0.831. The maximum atomic E-state index is 10.5. The molecule has 2 aromatic rings. The summed E-state index contributed by atoms with van der Waals surface area (Å²) in [5.41, 5.74) is 4.34. The number of hydrogen-bond donors (Lipinski definition) is 1. The van der Waals surface area contributed by atoms with Crippen molar-refractivity contribution in [2.75, 3.05) is 0 Å². The number of aliphatic hydroxyl groups is 1. The van der Waals surface area contributed by atoms with Gasteiger partial charge in [0.1, 0.15) is 6.10 Å². The van der Waals surface area contributed by atoms with Gasteiger partial charge in [-0.05, 0) is 47.6 Å². The summed E-state index contributed by atoms with van der Waals surface area (Å²) < 4.78 is 0.955. The highest BCUT2D eigenvalue weighted by atomic mass is 79.9. The second kappa shape index (κ2) is 6.55. The van der Waals surface area contributed by atoms with Gasteiger partial charge in [-0.25, -0.2) is 0 Å². The molecule has 0 amide bonds. The van der Waals surface area contributed by atoms with Crippen LogP contribution >= 0.6 is 15.9 Å². The van der Waals surface area contributed by atoms with Crippen molar-refractivity contribution >= 4 is 15.9 Å². The van der Waals surface area contributed by atoms with Gasteiger partial charge in [0.05, 0.1) is 0 Å². The third-order valence-corrected chi connectivity index (χ3v) is 4.08. The lowest BCUT2D eigenvalue weighted by atomic mass is 9.97. The van der Waals surface area contributed by atoms with E-state index < -0.39 is 6.10 Å². The molecular formula is C18H21BrO. The van der Waals surface area contributed by atoms with Gasteiger partial charge in [-0.1, -0.05) is 66.2 Å². The Labute approximate surface area is 129 Å². The Morgan fingerprint density at radius 2 is 1.70 bits per heavy atom. The molecule has 0 radical (unpaired) electrons. The lowest BCUT2D eigenvalue weighted by Gasteiger charge is -2.15. The fourth-order valence-electron chi connectivity index (χ4n) is 2.34. The predicted octanol–water partition coefficient (Wildman–Crippen LogP) is 5.04. The Hall–Kier alpha value is -1.12. The molecule has 0 aromatic heterocycles. The van der Waals surface area contributed by atoms with Gasteiger partial charge in [0, 0.05) is 4.47 Å². The molecule has 0 spiro atoms. The van der Waals surface area contributed by atoms with Crippen molar-refractivity contribution in [1.82, 2.24) is 0 Å². The van der Waals surface area contributed by atoms with Crippen LogP contribution < -0.4 is 0 Å². The molecule has 2 rings (SSSR count). The third kappa shape index (κ3) is 3.71. The van der Waals surface area contributed by atoms with E-state index in [-0.39, 0.29) is 0 Å². The molecular weight excluding hydrogens is 312 g/mol. The van der Waals surface area contributed by atoms with Crippen molar-refractivity contribution in [3.05, 3.63) is 69.2 Å². The zero-order chi connectivity index (χ0) is 14.7. The minimum Gasteiger partial charge on any atom is -0.384 e. The monoisotopic (exact) mass is 332 g/mol. The first kappa shape index (κ1) is 15.3. The summed E-state index contributed by atoms with van der Waals surface area (Å²) in [7, 11) is 0. The molecule has 106 valence electrons. The maximum absolute atomic E-state index is 10.5. The van der Waals surface area contributed by atoms with Crippen LogP contribution in [0.25, 0.3) is 0 Å². The number of benzene rings is 2. The van der Waals surface area contributed by atoms with Gasteiger partial charge >= 0.3 is 0 Å². The first-order chi connectivity index (χ1) is 9.47. The van der Waals surface area contributed by atoms with Crippen LogP contribution in [0.3, 0.4) is 0 Å². The topological polar surface area (TPSA) is 20.2 Å². The summed E-state index contributed by atoms with van der Waals surface area (Å²) in [5.74, 6) is 0.650. The Morgan fingerprint density at radius 3 is 2.25 bits per heavy atom. The molecule has 0 fully saturated rings. The van der Waals surface area contributed by atoms with E-state index in [0.29, 0.717) is 5.92 Å². The summed E-state index contributed by atoms with van der Waals surface area (Å²) in [6, 6.07) is 14.3. The summed E-state index contributed by atoms with van der Waals surface area (Å²) in [5, 5.41) is 10.5. The van der Waals surface area contributed by atoms with Crippen LogP contribution in [-0.4, -0.2) is 5.11 Å². The van der Waals surface area contributed by atoms with Crippen molar-refractivity contribution in [3.8, 4) is 0 Å². The molecule has 0 heterocycles. The second-order valence-electron chi connectivity index (χ2n) is 5.77. The average Bonchev–Trinajstić information content (AvgIpc) is 2.38. The van der Waals surface area contributed by atoms with Gasteiger partial charge in [0.15, 0.2) is 0 Å². The van der Waals surface area contributed by atoms with Crippen molar-refractivity contribution in [1.29, 1.82) is 0 Å². The molecule has 1 nitrogen and oxygen atoms in total. The van der Waals surface area contributed by atoms with Crippen LogP contribution in [-0.2, 0) is 6.42 Å². The summed E-state index contributed by atoms with van der Waals surface area (Å²) >= 11 is 3.53.